The molecule has 20 heteroatoms. The van der Waals surface area contributed by atoms with Gasteiger partial charge in [0.2, 0.25) is 12.2 Å². The maximum atomic E-state index is 12.9. The molecular weight excluding hydrogens is 666 g/mol. The Bertz CT molecular complexity index is 1380. The molecule has 0 aromatic heterocycles. The van der Waals surface area contributed by atoms with Gasteiger partial charge in [0.25, 0.3) is 0 Å². The quantitative estimate of drug-likeness (QED) is 0.0394. The van der Waals surface area contributed by atoms with E-state index in [0.29, 0.717) is 0 Å². The first-order valence-electron chi connectivity index (χ1n) is 14.2. The van der Waals surface area contributed by atoms with Crippen LogP contribution in [0, 0.1) is 12.3 Å². The molecule has 1 aliphatic heterocycles. The summed E-state index contributed by atoms with van der Waals surface area (Å²) in [5.74, 6) is -0.619. The standard InChI is InChI=1S/C28H41N3O16S/c1-3-8-43-9-6-20(34)30-18-11-17(4-5-19(18)46-26-23(37)21(35)22(36)24(47-26)25(38)39)12-45-27(40)31(7-10-48(2,41)42)16-44-15-28(29,13-32)14-33/h1,4-5,11,21-24,26,32-33,35-37H,6-10,12-16,29H2,2H3,(H,30,34)(H,38,39)/t21-,22-,23+,24-,26+/m0/s1. The van der Waals surface area contributed by atoms with Crippen LogP contribution in [0.15, 0.2) is 18.2 Å². The fraction of sp³-hybridized carbons (Fsp3) is 0.607. The van der Waals surface area contributed by atoms with Crippen LogP contribution in [-0.4, -0.2) is 156 Å². The number of amides is 2. The largest absolute Gasteiger partial charge is 0.479 e. The molecule has 0 unspecified atom stereocenters. The lowest BCUT2D eigenvalue weighted by Gasteiger charge is -2.38. The molecule has 19 nitrogen and oxygen atoms in total. The third-order valence-corrected chi connectivity index (χ3v) is 7.58. The molecule has 2 rings (SSSR count). The van der Waals surface area contributed by atoms with Gasteiger partial charge >= 0.3 is 12.1 Å². The number of nitrogens with one attached hydrogen (secondary N) is 1. The van der Waals surface area contributed by atoms with Crippen molar-refractivity contribution >= 4 is 33.5 Å². The molecule has 1 saturated heterocycles. The van der Waals surface area contributed by atoms with E-state index >= 15 is 0 Å². The Balaban J connectivity index is 2.25. The van der Waals surface area contributed by atoms with Gasteiger partial charge in [0.05, 0.1) is 49.8 Å². The van der Waals surface area contributed by atoms with Gasteiger partial charge in [0.15, 0.2) is 6.10 Å². The molecule has 9 N–H and O–H groups in total. The zero-order valence-electron chi connectivity index (χ0n) is 26.0. The number of aliphatic hydroxyl groups is 5. The number of rotatable bonds is 19. The first-order chi connectivity index (χ1) is 22.5. The average Bonchev–Trinajstić information content (AvgIpc) is 3.03. The van der Waals surface area contributed by atoms with E-state index in [1.54, 1.807) is 0 Å². The Labute approximate surface area is 276 Å². The smallest absolute Gasteiger partial charge is 0.411 e. The van der Waals surface area contributed by atoms with Crippen LogP contribution in [0.5, 0.6) is 5.75 Å². The van der Waals surface area contributed by atoms with Crippen molar-refractivity contribution in [2.75, 3.05) is 63.6 Å². The molecule has 0 spiro atoms. The number of sulfone groups is 1. The number of hydrogen-bond donors (Lipinski definition) is 8. The van der Waals surface area contributed by atoms with E-state index in [1.807, 2.05) is 0 Å². The topological polar surface area (TPSA) is 294 Å². The van der Waals surface area contributed by atoms with Crippen LogP contribution < -0.4 is 15.8 Å². The SMILES string of the molecule is C#CCOCCC(=O)Nc1cc(COC(=O)N(CCS(C)(=O)=O)COCC(N)(CO)CO)ccc1O[C@@H]1O[C@H](C(=O)O)[C@@H](O)[C@H](O)[C@H]1O. The minimum atomic E-state index is -3.52. The normalized spacial score (nSPS) is 21.2. The highest BCUT2D eigenvalue weighted by atomic mass is 32.2. The number of aliphatic hydroxyl groups excluding tert-OH is 5. The molecule has 0 bridgehead atoms. The third kappa shape index (κ3) is 12.8. The van der Waals surface area contributed by atoms with Crippen molar-refractivity contribution in [2.24, 2.45) is 5.73 Å². The fourth-order valence-corrected chi connectivity index (χ4v) is 4.42. The summed E-state index contributed by atoms with van der Waals surface area (Å²) >= 11 is 0. The van der Waals surface area contributed by atoms with Gasteiger partial charge in [-0.15, -0.1) is 6.42 Å². The number of carbonyl (C=O) groups is 3. The van der Waals surface area contributed by atoms with Gasteiger partial charge in [0.1, 0.15) is 53.8 Å². The number of ether oxygens (including phenoxy) is 5. The number of anilines is 1. The van der Waals surface area contributed by atoms with Crippen LogP contribution in [0.4, 0.5) is 10.5 Å². The van der Waals surface area contributed by atoms with Crippen molar-refractivity contribution in [1.82, 2.24) is 4.90 Å². The second-order valence-electron chi connectivity index (χ2n) is 10.8. The number of hydrogen-bond acceptors (Lipinski definition) is 16. The zero-order chi connectivity index (χ0) is 36.1. The zero-order valence-corrected chi connectivity index (χ0v) is 26.8. The van der Waals surface area contributed by atoms with Crippen molar-refractivity contribution in [3.8, 4) is 18.1 Å². The lowest BCUT2D eigenvalue weighted by molar-refractivity contribution is -0.271. The summed E-state index contributed by atoms with van der Waals surface area (Å²) < 4.78 is 49.9. The number of carboxylic acid groups (broad SMARTS) is 1. The minimum absolute atomic E-state index is 0.0411. The number of carboxylic acids is 1. The van der Waals surface area contributed by atoms with Crippen molar-refractivity contribution in [3.05, 3.63) is 23.8 Å². The Morgan fingerprint density at radius 2 is 1.81 bits per heavy atom. The van der Waals surface area contributed by atoms with E-state index in [-0.39, 0.29) is 49.8 Å². The molecule has 1 aromatic rings. The first kappa shape index (κ1) is 40.6. The summed E-state index contributed by atoms with van der Waals surface area (Å²) in [7, 11) is -3.52. The lowest BCUT2D eigenvalue weighted by atomic mass is 9.99. The van der Waals surface area contributed by atoms with Crippen LogP contribution in [0.25, 0.3) is 0 Å². The number of aliphatic carboxylic acids is 1. The summed E-state index contributed by atoms with van der Waals surface area (Å²) in [6.45, 7) is -3.04. The Morgan fingerprint density at radius 1 is 1.12 bits per heavy atom. The summed E-state index contributed by atoms with van der Waals surface area (Å²) in [6.07, 6.45) is -4.71. The number of nitrogens with zero attached hydrogens (tertiary/aromatic N) is 1. The van der Waals surface area contributed by atoms with Crippen LogP contribution in [0.1, 0.15) is 12.0 Å². The Morgan fingerprint density at radius 3 is 2.42 bits per heavy atom. The molecule has 5 atom stereocenters. The van der Waals surface area contributed by atoms with Gasteiger partial charge in [-0.3, -0.25) is 9.69 Å². The van der Waals surface area contributed by atoms with Gasteiger partial charge in [-0.05, 0) is 17.7 Å². The lowest BCUT2D eigenvalue weighted by Crippen LogP contribution is -2.61. The second kappa shape index (κ2) is 18.8. The van der Waals surface area contributed by atoms with Crippen molar-refractivity contribution in [2.45, 2.75) is 49.3 Å². The number of nitrogens with two attached hydrogens (primary N) is 1. The minimum Gasteiger partial charge on any atom is -0.479 e. The van der Waals surface area contributed by atoms with Crippen LogP contribution >= 0.6 is 0 Å². The molecule has 0 saturated carbocycles. The van der Waals surface area contributed by atoms with E-state index in [4.69, 9.17) is 35.8 Å². The van der Waals surface area contributed by atoms with E-state index < -0.39 is 96.4 Å². The maximum Gasteiger partial charge on any atom is 0.411 e. The Kier molecular flexibility index (Phi) is 15.9. The summed E-state index contributed by atoms with van der Waals surface area (Å²) in [5, 5.41) is 61.0. The number of benzene rings is 1. The molecule has 48 heavy (non-hydrogen) atoms. The van der Waals surface area contributed by atoms with Gasteiger partial charge in [-0.2, -0.15) is 0 Å². The Hall–Kier alpha value is -3.62. The van der Waals surface area contributed by atoms with Gasteiger partial charge in [0, 0.05) is 12.8 Å². The molecule has 2 amide bonds. The fourth-order valence-electron chi connectivity index (χ4n) is 3.87. The molecule has 0 aliphatic carbocycles. The van der Waals surface area contributed by atoms with Crippen LogP contribution in [-0.2, 0) is 45.0 Å². The summed E-state index contributed by atoms with van der Waals surface area (Å²) in [6, 6.07) is 3.93. The highest BCUT2D eigenvalue weighted by Gasteiger charge is 2.48. The second-order valence-corrected chi connectivity index (χ2v) is 13.1. The molecule has 1 aliphatic rings. The summed E-state index contributed by atoms with van der Waals surface area (Å²) in [4.78, 5) is 37.9. The maximum absolute atomic E-state index is 12.9. The van der Waals surface area contributed by atoms with E-state index in [9.17, 15) is 53.4 Å². The molecule has 1 aromatic carbocycles. The van der Waals surface area contributed by atoms with Gasteiger partial charge < -0.3 is 65.4 Å². The predicted molar refractivity (Wildman–Crippen MR) is 163 cm³/mol. The van der Waals surface area contributed by atoms with E-state index in [0.717, 1.165) is 11.2 Å². The number of terminal acetylenes is 1. The molecule has 1 heterocycles. The van der Waals surface area contributed by atoms with Gasteiger partial charge in [-0.25, -0.2) is 18.0 Å². The number of carbonyl (C=O) groups excluding carboxylic acids is 2. The highest BCUT2D eigenvalue weighted by Crippen LogP contribution is 2.31. The monoisotopic (exact) mass is 707 g/mol. The van der Waals surface area contributed by atoms with E-state index in [2.05, 4.69) is 11.2 Å². The molecule has 270 valence electrons. The van der Waals surface area contributed by atoms with Crippen LogP contribution in [0.2, 0.25) is 0 Å². The molecule has 1 fully saturated rings. The van der Waals surface area contributed by atoms with Crippen molar-refractivity contribution < 1.29 is 77.1 Å². The van der Waals surface area contributed by atoms with E-state index in [1.165, 1.54) is 18.2 Å². The third-order valence-electron chi connectivity index (χ3n) is 6.65. The first-order valence-corrected chi connectivity index (χ1v) is 16.3. The predicted octanol–water partition coefficient (Wildman–Crippen LogP) is -3.42. The van der Waals surface area contributed by atoms with Crippen molar-refractivity contribution in [3.63, 3.8) is 0 Å². The van der Waals surface area contributed by atoms with Crippen LogP contribution in [0.3, 0.4) is 0 Å². The molecular formula is C28H41N3O16S. The summed E-state index contributed by atoms with van der Waals surface area (Å²) in [5.41, 5.74) is 4.42. The van der Waals surface area contributed by atoms with Gasteiger partial charge in [-0.1, -0.05) is 12.0 Å². The molecule has 0 radical (unpaired) electrons. The average molecular weight is 708 g/mol. The van der Waals surface area contributed by atoms with Crippen molar-refractivity contribution in [1.29, 1.82) is 0 Å². The highest BCUT2D eigenvalue weighted by molar-refractivity contribution is 7.90.